The van der Waals surface area contributed by atoms with E-state index in [0.29, 0.717) is 0 Å². The number of para-hydroxylation sites is 1. The largest absolute Gasteiger partial charge is 0.261 e. The van der Waals surface area contributed by atoms with Crippen molar-refractivity contribution < 1.29 is 4.57 Å². The number of benzene rings is 1. The van der Waals surface area contributed by atoms with Crippen LogP contribution in [-0.2, 0) is 13.0 Å². The predicted molar refractivity (Wildman–Crippen MR) is 153 cm³/mol. The molecule has 2 heteroatoms. The maximum atomic E-state index is 2.54. The van der Waals surface area contributed by atoms with E-state index < -0.39 is 0 Å². The van der Waals surface area contributed by atoms with Crippen LogP contribution in [0, 0.1) is 0 Å². The summed E-state index contributed by atoms with van der Waals surface area (Å²) in [6.07, 6.45) is 33.9. The second-order valence-corrected chi connectivity index (χ2v) is 10.7. The van der Waals surface area contributed by atoms with E-state index >= 15 is 0 Å². The first-order chi connectivity index (χ1) is 17.4. The standard InChI is InChI=1S/C33H57N2/c1-3-5-7-9-11-12-13-14-15-16-17-18-19-24-28-33-34(29-25-20-10-8-6-4-2)30-31-35(33)32-26-22-21-23-27-32/h21-23,26-27,30-31H,3-20,24-25,28-29H2,1-2H3/q+1. The van der Waals surface area contributed by atoms with E-state index in [1.54, 1.807) is 0 Å². The van der Waals surface area contributed by atoms with Crippen molar-refractivity contribution in [3.8, 4) is 5.69 Å². The Bertz CT molecular complexity index is 718. The first kappa shape index (κ1) is 29.7. The Hall–Kier alpha value is -1.57. The average Bonchev–Trinajstić information content (AvgIpc) is 3.29. The van der Waals surface area contributed by atoms with E-state index in [-0.39, 0.29) is 0 Å². The molecule has 0 saturated heterocycles. The molecule has 2 rings (SSSR count). The van der Waals surface area contributed by atoms with E-state index in [1.807, 2.05) is 0 Å². The van der Waals surface area contributed by atoms with Crippen molar-refractivity contribution in [1.29, 1.82) is 0 Å². The quantitative estimate of drug-likeness (QED) is 0.110. The van der Waals surface area contributed by atoms with Gasteiger partial charge in [-0.1, -0.05) is 141 Å². The van der Waals surface area contributed by atoms with Gasteiger partial charge >= 0.3 is 0 Å². The van der Waals surface area contributed by atoms with E-state index in [9.17, 15) is 0 Å². The van der Waals surface area contributed by atoms with Crippen molar-refractivity contribution in [1.82, 2.24) is 4.57 Å². The SMILES string of the molecule is CCCCCCCCCCCCCCCCc1n(-c2ccccc2)cc[n+]1CCCCCCCC. The third kappa shape index (κ3) is 13.3. The molecule has 35 heavy (non-hydrogen) atoms. The van der Waals surface area contributed by atoms with Crippen LogP contribution in [0.3, 0.4) is 0 Å². The molecule has 0 unspecified atom stereocenters. The highest BCUT2D eigenvalue weighted by Crippen LogP contribution is 2.16. The van der Waals surface area contributed by atoms with Gasteiger partial charge in [-0.05, 0) is 31.4 Å². The number of imidazole rings is 1. The Labute approximate surface area is 218 Å². The van der Waals surface area contributed by atoms with Gasteiger partial charge in [0.25, 0.3) is 5.82 Å². The van der Waals surface area contributed by atoms with Crippen molar-refractivity contribution in [2.75, 3.05) is 0 Å². The van der Waals surface area contributed by atoms with E-state index in [0.717, 1.165) is 0 Å². The molecule has 0 fully saturated rings. The number of unbranched alkanes of at least 4 members (excludes halogenated alkanes) is 18. The van der Waals surface area contributed by atoms with Crippen molar-refractivity contribution >= 4 is 0 Å². The van der Waals surface area contributed by atoms with Gasteiger partial charge < -0.3 is 0 Å². The number of aromatic nitrogens is 2. The lowest BCUT2D eigenvalue weighted by Crippen LogP contribution is -2.37. The number of hydrogen-bond acceptors (Lipinski definition) is 0. The second-order valence-electron chi connectivity index (χ2n) is 10.7. The first-order valence-corrected chi connectivity index (χ1v) is 15.5. The molecule has 0 amide bonds. The molecule has 0 aliphatic heterocycles. The lowest BCUT2D eigenvalue weighted by Gasteiger charge is -2.06. The highest BCUT2D eigenvalue weighted by Gasteiger charge is 2.18. The Morgan fingerprint density at radius 3 is 1.51 bits per heavy atom. The van der Waals surface area contributed by atoms with E-state index in [4.69, 9.17) is 0 Å². The van der Waals surface area contributed by atoms with Crippen LogP contribution in [-0.4, -0.2) is 4.57 Å². The molecule has 0 spiro atoms. The van der Waals surface area contributed by atoms with Gasteiger partial charge in [0, 0.05) is 6.42 Å². The third-order valence-electron chi connectivity index (χ3n) is 7.55. The molecular formula is C33H57N2+. The topological polar surface area (TPSA) is 8.81 Å². The zero-order chi connectivity index (χ0) is 24.8. The van der Waals surface area contributed by atoms with Gasteiger partial charge in [0.05, 0.1) is 6.54 Å². The van der Waals surface area contributed by atoms with Gasteiger partial charge in [-0.15, -0.1) is 0 Å². The van der Waals surface area contributed by atoms with Crippen LogP contribution in [0.1, 0.15) is 148 Å². The van der Waals surface area contributed by atoms with Crippen molar-refractivity contribution in [2.24, 2.45) is 0 Å². The van der Waals surface area contributed by atoms with Crippen LogP contribution in [0.5, 0.6) is 0 Å². The zero-order valence-corrected chi connectivity index (χ0v) is 23.5. The molecule has 0 aliphatic rings. The molecule has 0 aliphatic carbocycles. The van der Waals surface area contributed by atoms with Gasteiger partial charge in [0.2, 0.25) is 0 Å². The lowest BCUT2D eigenvalue weighted by atomic mass is 10.0. The lowest BCUT2D eigenvalue weighted by molar-refractivity contribution is -0.704. The van der Waals surface area contributed by atoms with Gasteiger partial charge in [0.15, 0.2) is 0 Å². The Morgan fingerprint density at radius 2 is 1.00 bits per heavy atom. The number of rotatable bonds is 23. The summed E-state index contributed by atoms with van der Waals surface area (Å²) < 4.78 is 4.97. The summed E-state index contributed by atoms with van der Waals surface area (Å²) >= 11 is 0. The van der Waals surface area contributed by atoms with Crippen LogP contribution in [0.25, 0.3) is 5.69 Å². The fourth-order valence-electron chi connectivity index (χ4n) is 5.29. The Morgan fingerprint density at radius 1 is 0.543 bits per heavy atom. The second kappa shape index (κ2) is 20.6. The smallest absolute Gasteiger partial charge is 0.234 e. The van der Waals surface area contributed by atoms with Gasteiger partial charge in [-0.2, -0.15) is 4.57 Å². The van der Waals surface area contributed by atoms with Gasteiger partial charge in [0.1, 0.15) is 18.1 Å². The summed E-state index contributed by atoms with van der Waals surface area (Å²) in [5.74, 6) is 1.49. The zero-order valence-electron chi connectivity index (χ0n) is 23.5. The third-order valence-corrected chi connectivity index (χ3v) is 7.55. The summed E-state index contributed by atoms with van der Waals surface area (Å²) in [5, 5.41) is 0. The van der Waals surface area contributed by atoms with Gasteiger partial charge in [-0.3, -0.25) is 0 Å². The molecular weight excluding hydrogens is 424 g/mol. The normalized spacial score (nSPS) is 11.4. The first-order valence-electron chi connectivity index (χ1n) is 15.5. The molecule has 1 heterocycles. The van der Waals surface area contributed by atoms with E-state index in [2.05, 4.69) is 65.7 Å². The Kier molecular flexibility index (Phi) is 17.5. The van der Waals surface area contributed by atoms with Crippen LogP contribution in [0.2, 0.25) is 0 Å². The fraction of sp³-hybridized carbons (Fsp3) is 0.727. The fourth-order valence-corrected chi connectivity index (χ4v) is 5.29. The molecule has 0 N–H and O–H groups in total. The molecule has 0 radical (unpaired) electrons. The minimum atomic E-state index is 1.17. The van der Waals surface area contributed by atoms with E-state index in [1.165, 1.54) is 153 Å². The van der Waals surface area contributed by atoms with Gasteiger partial charge in [-0.25, -0.2) is 4.57 Å². The van der Waals surface area contributed by atoms with Crippen molar-refractivity contribution in [3.05, 3.63) is 48.5 Å². The monoisotopic (exact) mass is 481 g/mol. The molecule has 0 bridgehead atoms. The average molecular weight is 482 g/mol. The number of nitrogens with zero attached hydrogens (tertiary/aromatic N) is 2. The summed E-state index contributed by atoms with van der Waals surface area (Å²) in [4.78, 5) is 0. The van der Waals surface area contributed by atoms with Crippen molar-refractivity contribution in [2.45, 2.75) is 155 Å². The highest BCUT2D eigenvalue weighted by atomic mass is 15.1. The maximum Gasteiger partial charge on any atom is 0.261 e. The predicted octanol–water partition coefficient (Wildman–Crippen LogP) is 10.1. The molecule has 0 saturated carbocycles. The van der Waals surface area contributed by atoms with Crippen LogP contribution >= 0.6 is 0 Å². The van der Waals surface area contributed by atoms with Crippen LogP contribution < -0.4 is 4.57 Å². The highest BCUT2D eigenvalue weighted by molar-refractivity contribution is 5.31. The molecule has 1 aromatic heterocycles. The summed E-state index contributed by atoms with van der Waals surface area (Å²) in [5.41, 5.74) is 1.30. The number of hydrogen-bond donors (Lipinski definition) is 0. The summed E-state index contributed by atoms with van der Waals surface area (Å²) in [7, 11) is 0. The van der Waals surface area contributed by atoms with Crippen LogP contribution in [0.4, 0.5) is 0 Å². The maximum absolute atomic E-state index is 2.54. The minimum absolute atomic E-state index is 1.17. The molecule has 198 valence electrons. The molecule has 0 atom stereocenters. The van der Waals surface area contributed by atoms with Crippen molar-refractivity contribution in [3.63, 3.8) is 0 Å². The molecule has 2 aromatic rings. The molecule has 1 aromatic carbocycles. The van der Waals surface area contributed by atoms with Crippen LogP contribution in [0.15, 0.2) is 42.7 Å². The summed E-state index contributed by atoms with van der Waals surface area (Å²) in [6.45, 7) is 5.77. The molecule has 2 nitrogen and oxygen atoms in total. The minimum Gasteiger partial charge on any atom is -0.234 e. The Balaban J connectivity index is 1.64. The number of aryl methyl sites for hydroxylation is 1. The summed E-state index contributed by atoms with van der Waals surface area (Å²) in [6, 6.07) is 10.9.